The standard InChI is InChI=1S/C16H13N3O2/c17-13-6-4-11(5-7-13)15-9-19(10-18-15)14-3-1-2-12(8-14)16(20)21/h1-10H,17H2,(H,20,21). The summed E-state index contributed by atoms with van der Waals surface area (Å²) in [5, 5.41) is 9.03. The molecule has 0 fully saturated rings. The first-order valence-corrected chi connectivity index (χ1v) is 6.37. The van der Waals surface area contributed by atoms with Gasteiger partial charge in [0, 0.05) is 23.1 Å². The Morgan fingerprint density at radius 3 is 2.62 bits per heavy atom. The van der Waals surface area contributed by atoms with Crippen LogP contribution < -0.4 is 5.73 Å². The Balaban J connectivity index is 1.96. The molecule has 2 aromatic carbocycles. The van der Waals surface area contributed by atoms with E-state index in [1.807, 2.05) is 36.5 Å². The molecule has 5 nitrogen and oxygen atoms in total. The second kappa shape index (κ2) is 5.13. The zero-order valence-corrected chi connectivity index (χ0v) is 11.1. The number of hydrogen-bond acceptors (Lipinski definition) is 3. The summed E-state index contributed by atoms with van der Waals surface area (Å²) in [5.41, 5.74) is 9.12. The number of nitrogens with two attached hydrogens (primary N) is 1. The van der Waals surface area contributed by atoms with E-state index in [0.29, 0.717) is 5.69 Å². The van der Waals surface area contributed by atoms with Crippen molar-refractivity contribution in [3.63, 3.8) is 0 Å². The fourth-order valence-electron chi connectivity index (χ4n) is 2.07. The van der Waals surface area contributed by atoms with Gasteiger partial charge < -0.3 is 15.4 Å². The van der Waals surface area contributed by atoms with Gasteiger partial charge in [-0.1, -0.05) is 18.2 Å². The predicted molar refractivity (Wildman–Crippen MR) is 80.4 cm³/mol. The van der Waals surface area contributed by atoms with Crippen LogP contribution in [0.3, 0.4) is 0 Å². The first kappa shape index (κ1) is 12.9. The summed E-state index contributed by atoms with van der Waals surface area (Å²) in [7, 11) is 0. The van der Waals surface area contributed by atoms with Gasteiger partial charge >= 0.3 is 5.97 Å². The number of aromatic carboxylic acids is 1. The zero-order chi connectivity index (χ0) is 14.8. The molecule has 5 heteroatoms. The second-order valence-corrected chi connectivity index (χ2v) is 4.64. The normalized spacial score (nSPS) is 10.5. The van der Waals surface area contributed by atoms with Crippen molar-refractivity contribution in [2.24, 2.45) is 0 Å². The van der Waals surface area contributed by atoms with Gasteiger partial charge in [0.2, 0.25) is 0 Å². The molecule has 0 saturated carbocycles. The van der Waals surface area contributed by atoms with E-state index in [9.17, 15) is 4.79 Å². The van der Waals surface area contributed by atoms with Crippen LogP contribution in [0.15, 0.2) is 61.1 Å². The van der Waals surface area contributed by atoms with Crippen LogP contribution in [0.5, 0.6) is 0 Å². The maximum Gasteiger partial charge on any atom is 0.335 e. The molecule has 0 saturated heterocycles. The Morgan fingerprint density at radius 1 is 1.14 bits per heavy atom. The number of imidazole rings is 1. The molecular formula is C16H13N3O2. The zero-order valence-electron chi connectivity index (χ0n) is 11.1. The molecule has 3 N–H and O–H groups in total. The van der Waals surface area contributed by atoms with E-state index < -0.39 is 5.97 Å². The van der Waals surface area contributed by atoms with Crippen molar-refractivity contribution < 1.29 is 9.90 Å². The molecule has 3 rings (SSSR count). The summed E-state index contributed by atoms with van der Waals surface area (Å²) in [5.74, 6) is -0.948. The van der Waals surface area contributed by atoms with Gasteiger partial charge in [0.25, 0.3) is 0 Å². The lowest BCUT2D eigenvalue weighted by Crippen LogP contribution is -1.98. The average molecular weight is 279 g/mol. The maximum absolute atomic E-state index is 11.0. The smallest absolute Gasteiger partial charge is 0.335 e. The first-order chi connectivity index (χ1) is 10.1. The lowest BCUT2D eigenvalue weighted by atomic mass is 10.1. The van der Waals surface area contributed by atoms with Crippen molar-refractivity contribution >= 4 is 11.7 Å². The largest absolute Gasteiger partial charge is 0.478 e. The lowest BCUT2D eigenvalue weighted by molar-refractivity contribution is 0.0697. The highest BCUT2D eigenvalue weighted by Gasteiger charge is 2.06. The summed E-state index contributed by atoms with van der Waals surface area (Å²) in [6, 6.07) is 14.1. The minimum absolute atomic E-state index is 0.246. The van der Waals surface area contributed by atoms with Crippen LogP contribution in [-0.4, -0.2) is 20.6 Å². The minimum Gasteiger partial charge on any atom is -0.478 e. The van der Waals surface area contributed by atoms with Gasteiger partial charge in [0.15, 0.2) is 0 Å². The van der Waals surface area contributed by atoms with Gasteiger partial charge in [-0.25, -0.2) is 9.78 Å². The van der Waals surface area contributed by atoms with E-state index in [4.69, 9.17) is 10.8 Å². The fourth-order valence-corrected chi connectivity index (χ4v) is 2.07. The number of carboxylic acids is 1. The molecule has 1 heterocycles. The summed E-state index contributed by atoms with van der Waals surface area (Å²) in [6.45, 7) is 0. The Bertz CT molecular complexity index is 791. The number of hydrogen-bond donors (Lipinski definition) is 2. The van der Waals surface area contributed by atoms with Gasteiger partial charge in [0.1, 0.15) is 0 Å². The van der Waals surface area contributed by atoms with Crippen LogP contribution in [0, 0.1) is 0 Å². The van der Waals surface area contributed by atoms with E-state index in [1.54, 1.807) is 29.1 Å². The van der Waals surface area contributed by atoms with Crippen molar-refractivity contribution in [3.8, 4) is 16.9 Å². The van der Waals surface area contributed by atoms with Gasteiger partial charge in [-0.15, -0.1) is 0 Å². The third-order valence-electron chi connectivity index (χ3n) is 3.18. The number of aromatic nitrogens is 2. The van der Waals surface area contributed by atoms with Gasteiger partial charge in [-0.2, -0.15) is 0 Å². The van der Waals surface area contributed by atoms with Crippen LogP contribution in [0.25, 0.3) is 16.9 Å². The molecule has 21 heavy (non-hydrogen) atoms. The summed E-state index contributed by atoms with van der Waals surface area (Å²) in [4.78, 5) is 15.3. The third kappa shape index (κ3) is 2.62. The summed E-state index contributed by atoms with van der Waals surface area (Å²) in [6.07, 6.45) is 3.51. The van der Waals surface area contributed by atoms with Gasteiger partial charge in [0.05, 0.1) is 17.6 Å². The molecule has 0 aliphatic carbocycles. The molecule has 1 aromatic heterocycles. The summed E-state index contributed by atoms with van der Waals surface area (Å²) < 4.78 is 1.79. The first-order valence-electron chi connectivity index (χ1n) is 6.37. The molecule has 0 aliphatic rings. The van der Waals surface area contributed by atoms with E-state index in [-0.39, 0.29) is 5.56 Å². The molecule has 0 aliphatic heterocycles. The van der Waals surface area contributed by atoms with Crippen molar-refractivity contribution in [3.05, 3.63) is 66.6 Å². The number of rotatable bonds is 3. The molecule has 0 unspecified atom stereocenters. The van der Waals surface area contributed by atoms with Crippen molar-refractivity contribution in [2.45, 2.75) is 0 Å². The maximum atomic E-state index is 11.0. The highest BCUT2D eigenvalue weighted by Crippen LogP contribution is 2.20. The van der Waals surface area contributed by atoms with Gasteiger partial charge in [-0.3, -0.25) is 0 Å². The lowest BCUT2D eigenvalue weighted by Gasteiger charge is -2.03. The fraction of sp³-hybridized carbons (Fsp3) is 0. The molecule has 0 spiro atoms. The number of nitrogen functional groups attached to an aromatic ring is 1. The van der Waals surface area contributed by atoms with Gasteiger partial charge in [-0.05, 0) is 30.3 Å². The Kier molecular flexibility index (Phi) is 3.16. The van der Waals surface area contributed by atoms with E-state index in [0.717, 1.165) is 16.9 Å². The van der Waals surface area contributed by atoms with Crippen LogP contribution in [0.4, 0.5) is 5.69 Å². The van der Waals surface area contributed by atoms with Crippen LogP contribution in [0.1, 0.15) is 10.4 Å². The van der Waals surface area contributed by atoms with Crippen molar-refractivity contribution in [1.82, 2.24) is 9.55 Å². The average Bonchev–Trinajstić information content (AvgIpc) is 2.98. The van der Waals surface area contributed by atoms with Crippen LogP contribution >= 0.6 is 0 Å². The summed E-state index contributed by atoms with van der Waals surface area (Å²) >= 11 is 0. The Morgan fingerprint density at radius 2 is 1.90 bits per heavy atom. The van der Waals surface area contributed by atoms with Crippen LogP contribution in [-0.2, 0) is 0 Å². The number of anilines is 1. The number of benzene rings is 2. The third-order valence-corrected chi connectivity index (χ3v) is 3.18. The monoisotopic (exact) mass is 279 g/mol. The molecule has 0 amide bonds. The quantitative estimate of drug-likeness (QED) is 0.722. The molecular weight excluding hydrogens is 266 g/mol. The predicted octanol–water partition coefficient (Wildman–Crippen LogP) is 2.82. The highest BCUT2D eigenvalue weighted by molar-refractivity contribution is 5.88. The number of carbonyl (C=O) groups is 1. The van der Waals surface area contributed by atoms with Crippen LogP contribution in [0.2, 0.25) is 0 Å². The van der Waals surface area contributed by atoms with E-state index >= 15 is 0 Å². The van der Waals surface area contributed by atoms with Crippen molar-refractivity contribution in [2.75, 3.05) is 5.73 Å². The Labute approximate surface area is 121 Å². The highest BCUT2D eigenvalue weighted by atomic mass is 16.4. The SMILES string of the molecule is Nc1ccc(-c2cn(-c3cccc(C(=O)O)c3)cn2)cc1. The molecule has 3 aromatic rings. The topological polar surface area (TPSA) is 81.1 Å². The minimum atomic E-state index is -0.948. The van der Waals surface area contributed by atoms with Crippen molar-refractivity contribution in [1.29, 1.82) is 0 Å². The Hall–Kier alpha value is -3.08. The van der Waals surface area contributed by atoms with E-state index in [2.05, 4.69) is 4.98 Å². The molecule has 104 valence electrons. The molecule has 0 bridgehead atoms. The molecule has 0 radical (unpaired) electrons. The number of nitrogens with zero attached hydrogens (tertiary/aromatic N) is 2. The second-order valence-electron chi connectivity index (χ2n) is 4.64. The molecule has 0 atom stereocenters. The van der Waals surface area contributed by atoms with E-state index in [1.165, 1.54) is 0 Å². The number of carboxylic acid groups (broad SMARTS) is 1.